The second-order valence-electron chi connectivity index (χ2n) is 4.25. The van der Waals surface area contributed by atoms with Gasteiger partial charge in [0.2, 0.25) is 0 Å². The van der Waals surface area contributed by atoms with Crippen LogP contribution >= 0.6 is 0 Å². The highest BCUT2D eigenvalue weighted by Gasteiger charge is 2.14. The molecule has 2 rings (SSSR count). The van der Waals surface area contributed by atoms with Crippen molar-refractivity contribution in [1.29, 1.82) is 0 Å². The van der Waals surface area contributed by atoms with Gasteiger partial charge in [0.25, 0.3) is 5.91 Å². The van der Waals surface area contributed by atoms with Crippen LogP contribution in [0.25, 0.3) is 0 Å². The number of nitrogens with two attached hydrogens (primary N) is 2. The molecule has 0 spiro atoms. The molecule has 0 aliphatic heterocycles. The van der Waals surface area contributed by atoms with Gasteiger partial charge in [0.15, 0.2) is 11.6 Å². The number of hydrogen-bond acceptors (Lipinski definition) is 3. The van der Waals surface area contributed by atoms with Gasteiger partial charge >= 0.3 is 0 Å². The fraction of sp³-hybridized carbons (Fsp3) is 0.0714. The molecule has 2 aromatic rings. The standard InChI is InChI=1S/C14H12F2N2O2/c1-7-2-3-8(4-10(7)15)20-13-5-9(14(18)19)12(17)6-11(13)16/h2-6H,17H2,1H3,(H2,18,19). The summed E-state index contributed by atoms with van der Waals surface area (Å²) in [6.07, 6.45) is 0. The number of nitrogen functional groups attached to an aromatic ring is 1. The second-order valence-corrected chi connectivity index (χ2v) is 4.25. The van der Waals surface area contributed by atoms with Gasteiger partial charge in [-0.2, -0.15) is 0 Å². The first kappa shape index (κ1) is 13.8. The topological polar surface area (TPSA) is 78.3 Å². The minimum atomic E-state index is -0.803. The summed E-state index contributed by atoms with van der Waals surface area (Å²) in [6, 6.07) is 6.12. The number of anilines is 1. The minimum Gasteiger partial charge on any atom is -0.454 e. The molecule has 0 heterocycles. The molecule has 0 aliphatic carbocycles. The van der Waals surface area contributed by atoms with E-state index in [1.807, 2.05) is 0 Å². The lowest BCUT2D eigenvalue weighted by atomic mass is 10.1. The van der Waals surface area contributed by atoms with Crippen LogP contribution in [-0.2, 0) is 0 Å². The van der Waals surface area contributed by atoms with Crippen molar-refractivity contribution < 1.29 is 18.3 Å². The van der Waals surface area contributed by atoms with E-state index >= 15 is 0 Å². The summed E-state index contributed by atoms with van der Waals surface area (Å²) in [6.45, 7) is 1.59. The summed E-state index contributed by atoms with van der Waals surface area (Å²) in [4.78, 5) is 11.1. The molecule has 0 unspecified atom stereocenters. The quantitative estimate of drug-likeness (QED) is 0.847. The van der Waals surface area contributed by atoms with Crippen molar-refractivity contribution in [2.24, 2.45) is 5.73 Å². The molecule has 0 aliphatic rings. The molecule has 20 heavy (non-hydrogen) atoms. The first-order valence-corrected chi connectivity index (χ1v) is 5.71. The summed E-state index contributed by atoms with van der Waals surface area (Å²) in [5.74, 6) is -2.20. The predicted octanol–water partition coefficient (Wildman–Crippen LogP) is 2.75. The molecular weight excluding hydrogens is 266 g/mol. The number of carbonyl (C=O) groups is 1. The summed E-state index contributed by atoms with van der Waals surface area (Å²) in [7, 11) is 0. The third-order valence-corrected chi connectivity index (χ3v) is 2.74. The Labute approximate surface area is 114 Å². The molecule has 0 saturated carbocycles. The molecule has 0 atom stereocenters. The lowest BCUT2D eigenvalue weighted by Crippen LogP contribution is -2.14. The number of benzene rings is 2. The van der Waals surface area contributed by atoms with Crippen LogP contribution in [0.15, 0.2) is 30.3 Å². The van der Waals surface area contributed by atoms with Crippen molar-refractivity contribution in [2.75, 3.05) is 5.73 Å². The van der Waals surface area contributed by atoms with E-state index in [1.165, 1.54) is 12.1 Å². The molecule has 104 valence electrons. The van der Waals surface area contributed by atoms with Crippen molar-refractivity contribution in [3.63, 3.8) is 0 Å². The van der Waals surface area contributed by atoms with E-state index in [0.29, 0.717) is 5.56 Å². The summed E-state index contributed by atoms with van der Waals surface area (Å²) in [5, 5.41) is 0. The van der Waals surface area contributed by atoms with E-state index in [1.54, 1.807) is 6.92 Å². The van der Waals surface area contributed by atoms with Crippen LogP contribution in [0.2, 0.25) is 0 Å². The highest BCUT2D eigenvalue weighted by atomic mass is 19.1. The zero-order valence-corrected chi connectivity index (χ0v) is 10.6. The molecule has 6 heteroatoms. The van der Waals surface area contributed by atoms with Crippen molar-refractivity contribution in [3.05, 3.63) is 53.1 Å². The van der Waals surface area contributed by atoms with Crippen molar-refractivity contribution in [3.8, 4) is 11.5 Å². The third-order valence-electron chi connectivity index (χ3n) is 2.74. The Morgan fingerprint density at radius 3 is 2.45 bits per heavy atom. The summed E-state index contributed by atoms with van der Waals surface area (Å²) < 4.78 is 32.3. The molecule has 4 N–H and O–H groups in total. The fourth-order valence-corrected chi connectivity index (χ4v) is 1.62. The van der Waals surface area contributed by atoms with Gasteiger partial charge in [-0.1, -0.05) is 6.07 Å². The first-order valence-electron chi connectivity index (χ1n) is 5.71. The number of primary amides is 1. The van der Waals surface area contributed by atoms with E-state index < -0.39 is 17.5 Å². The molecule has 0 fully saturated rings. The highest BCUT2D eigenvalue weighted by molar-refractivity contribution is 5.98. The van der Waals surface area contributed by atoms with Gasteiger partial charge in [0.1, 0.15) is 11.6 Å². The van der Waals surface area contributed by atoms with Crippen LogP contribution in [0.4, 0.5) is 14.5 Å². The Morgan fingerprint density at radius 1 is 1.15 bits per heavy atom. The van der Waals surface area contributed by atoms with Crippen molar-refractivity contribution in [1.82, 2.24) is 0 Å². The van der Waals surface area contributed by atoms with Gasteiger partial charge in [0, 0.05) is 17.8 Å². The predicted molar refractivity (Wildman–Crippen MR) is 70.5 cm³/mol. The SMILES string of the molecule is Cc1ccc(Oc2cc(C(N)=O)c(N)cc2F)cc1F. The van der Waals surface area contributed by atoms with E-state index in [-0.39, 0.29) is 22.7 Å². The monoisotopic (exact) mass is 278 g/mol. The molecule has 0 bridgehead atoms. The first-order chi connectivity index (χ1) is 9.38. The van der Waals surface area contributed by atoms with Crippen LogP contribution in [0.1, 0.15) is 15.9 Å². The maximum Gasteiger partial charge on any atom is 0.250 e. The average Bonchev–Trinajstić information content (AvgIpc) is 2.36. The Bertz CT molecular complexity index is 687. The lowest BCUT2D eigenvalue weighted by Gasteiger charge is -2.10. The maximum atomic E-state index is 13.7. The maximum absolute atomic E-state index is 13.7. The number of aryl methyl sites for hydroxylation is 1. The number of rotatable bonds is 3. The Hall–Kier alpha value is -2.63. The van der Waals surface area contributed by atoms with Gasteiger partial charge in [0.05, 0.1) is 5.56 Å². The number of hydrogen-bond donors (Lipinski definition) is 2. The molecule has 0 radical (unpaired) electrons. The number of ether oxygens (including phenoxy) is 1. The van der Waals surface area contributed by atoms with E-state index in [4.69, 9.17) is 16.2 Å². The minimum absolute atomic E-state index is 0.0611. The van der Waals surface area contributed by atoms with Gasteiger partial charge in [-0.15, -0.1) is 0 Å². The van der Waals surface area contributed by atoms with Gasteiger partial charge < -0.3 is 16.2 Å². The Morgan fingerprint density at radius 2 is 1.85 bits per heavy atom. The van der Waals surface area contributed by atoms with Crippen LogP contribution in [0, 0.1) is 18.6 Å². The largest absolute Gasteiger partial charge is 0.454 e. The molecule has 0 saturated heterocycles. The van der Waals surface area contributed by atoms with E-state index in [9.17, 15) is 13.6 Å². The fourth-order valence-electron chi connectivity index (χ4n) is 1.62. The smallest absolute Gasteiger partial charge is 0.250 e. The van der Waals surface area contributed by atoms with Crippen LogP contribution in [-0.4, -0.2) is 5.91 Å². The lowest BCUT2D eigenvalue weighted by molar-refractivity contribution is 0.100. The van der Waals surface area contributed by atoms with Gasteiger partial charge in [-0.05, 0) is 24.6 Å². The second kappa shape index (κ2) is 5.16. The van der Waals surface area contributed by atoms with Gasteiger partial charge in [-0.3, -0.25) is 4.79 Å². The van der Waals surface area contributed by atoms with Gasteiger partial charge in [-0.25, -0.2) is 8.78 Å². The van der Waals surface area contributed by atoms with Crippen molar-refractivity contribution in [2.45, 2.75) is 6.92 Å². The number of halogens is 2. The van der Waals surface area contributed by atoms with Crippen LogP contribution in [0.3, 0.4) is 0 Å². The van der Waals surface area contributed by atoms with Crippen molar-refractivity contribution >= 4 is 11.6 Å². The molecular formula is C14H12F2N2O2. The number of carbonyl (C=O) groups excluding carboxylic acids is 1. The molecule has 1 amide bonds. The van der Waals surface area contributed by atoms with E-state index in [2.05, 4.69) is 0 Å². The summed E-state index contributed by atoms with van der Waals surface area (Å²) in [5.41, 5.74) is 10.9. The van der Waals surface area contributed by atoms with Crippen LogP contribution in [0.5, 0.6) is 11.5 Å². The molecule has 0 aromatic heterocycles. The zero-order chi connectivity index (χ0) is 14.9. The normalized spacial score (nSPS) is 10.3. The Balaban J connectivity index is 2.40. The zero-order valence-electron chi connectivity index (χ0n) is 10.6. The molecule has 2 aromatic carbocycles. The number of amides is 1. The Kier molecular flexibility index (Phi) is 3.56. The molecule has 4 nitrogen and oxygen atoms in total. The highest BCUT2D eigenvalue weighted by Crippen LogP contribution is 2.29. The van der Waals surface area contributed by atoms with Crippen LogP contribution < -0.4 is 16.2 Å². The summed E-state index contributed by atoms with van der Waals surface area (Å²) >= 11 is 0. The van der Waals surface area contributed by atoms with E-state index in [0.717, 1.165) is 18.2 Å². The average molecular weight is 278 g/mol. The third kappa shape index (κ3) is 2.69.